The van der Waals surface area contributed by atoms with Crippen molar-refractivity contribution >= 4 is 17.4 Å². The second-order valence-corrected chi connectivity index (χ2v) is 5.71. The van der Waals surface area contributed by atoms with Crippen LogP contribution in [0.5, 0.6) is 0 Å². The summed E-state index contributed by atoms with van der Waals surface area (Å²) in [4.78, 5) is 10.5. The van der Waals surface area contributed by atoms with Crippen LogP contribution >= 0.6 is 11.6 Å². The molecule has 2 heterocycles. The molecule has 2 aromatic rings. The van der Waals surface area contributed by atoms with Crippen LogP contribution in [-0.4, -0.2) is 47.7 Å². The molecule has 23 heavy (non-hydrogen) atoms. The van der Waals surface area contributed by atoms with Gasteiger partial charge < -0.3 is 10.1 Å². The lowest BCUT2D eigenvalue weighted by Crippen LogP contribution is -2.41. The number of aromatic nitrogens is 2. The average Bonchev–Trinajstić information content (AvgIpc) is 2.58. The van der Waals surface area contributed by atoms with Crippen LogP contribution in [0.1, 0.15) is 11.6 Å². The minimum absolute atomic E-state index is 0.0975. The predicted molar refractivity (Wildman–Crippen MR) is 87.1 cm³/mol. The molecule has 0 spiro atoms. The molecule has 1 aromatic carbocycles. The van der Waals surface area contributed by atoms with Crippen molar-refractivity contribution in [2.75, 3.05) is 38.2 Å². The first-order valence-electron chi connectivity index (χ1n) is 7.51. The van der Waals surface area contributed by atoms with Crippen molar-refractivity contribution in [1.82, 2.24) is 14.9 Å². The third-order valence-corrected chi connectivity index (χ3v) is 4.01. The Morgan fingerprint density at radius 3 is 2.65 bits per heavy atom. The Morgan fingerprint density at radius 1 is 1.22 bits per heavy atom. The van der Waals surface area contributed by atoms with E-state index < -0.39 is 0 Å². The first-order chi connectivity index (χ1) is 11.2. The summed E-state index contributed by atoms with van der Waals surface area (Å²) in [5, 5.41) is 3.61. The Kier molecular flexibility index (Phi) is 5.38. The van der Waals surface area contributed by atoms with Crippen LogP contribution in [0, 0.1) is 5.82 Å². The van der Waals surface area contributed by atoms with E-state index in [4.69, 9.17) is 16.3 Å². The van der Waals surface area contributed by atoms with E-state index in [1.807, 2.05) is 12.1 Å². The summed E-state index contributed by atoms with van der Waals surface area (Å²) in [6.07, 6.45) is 3.12. The Hall–Kier alpha value is -1.76. The van der Waals surface area contributed by atoms with Crippen LogP contribution in [-0.2, 0) is 4.74 Å². The molecule has 0 amide bonds. The lowest BCUT2D eigenvalue weighted by atomic mass is 10.0. The smallest absolute Gasteiger partial charge is 0.149 e. The maximum absolute atomic E-state index is 13.2. The second-order valence-electron chi connectivity index (χ2n) is 5.32. The van der Waals surface area contributed by atoms with Crippen molar-refractivity contribution in [3.8, 4) is 0 Å². The standard InChI is InChI=1S/C16H18ClFN4O/c17-15-10-19-11-16(21-15)20-9-14(22-5-7-23-8-6-22)12-1-3-13(18)4-2-12/h1-4,10-11,14H,5-9H2,(H,20,21). The van der Waals surface area contributed by atoms with E-state index in [1.54, 1.807) is 6.20 Å². The highest BCUT2D eigenvalue weighted by Gasteiger charge is 2.22. The van der Waals surface area contributed by atoms with Gasteiger partial charge in [0.1, 0.15) is 16.8 Å². The fourth-order valence-corrected chi connectivity index (χ4v) is 2.81. The molecule has 7 heteroatoms. The van der Waals surface area contributed by atoms with Crippen LogP contribution in [0.25, 0.3) is 0 Å². The Bertz CT molecular complexity index is 634. The molecular weight excluding hydrogens is 319 g/mol. The number of morpholine rings is 1. The summed E-state index contributed by atoms with van der Waals surface area (Å²) in [6.45, 7) is 3.71. The largest absolute Gasteiger partial charge is 0.379 e. The van der Waals surface area contributed by atoms with Crippen molar-refractivity contribution < 1.29 is 9.13 Å². The highest BCUT2D eigenvalue weighted by molar-refractivity contribution is 6.29. The number of hydrogen-bond donors (Lipinski definition) is 1. The first kappa shape index (κ1) is 16.1. The topological polar surface area (TPSA) is 50.3 Å². The van der Waals surface area contributed by atoms with E-state index in [0.717, 1.165) is 18.7 Å². The average molecular weight is 337 g/mol. The van der Waals surface area contributed by atoms with Gasteiger partial charge in [-0.3, -0.25) is 9.88 Å². The third-order valence-electron chi connectivity index (χ3n) is 3.82. The SMILES string of the molecule is Fc1ccc(C(CNc2cncc(Cl)n2)N2CCOCC2)cc1. The summed E-state index contributed by atoms with van der Waals surface area (Å²) in [7, 11) is 0. The van der Waals surface area contributed by atoms with Gasteiger partial charge in [-0.05, 0) is 17.7 Å². The van der Waals surface area contributed by atoms with E-state index in [1.165, 1.54) is 18.3 Å². The van der Waals surface area contributed by atoms with Crippen LogP contribution in [0.4, 0.5) is 10.2 Å². The maximum atomic E-state index is 13.2. The van der Waals surface area contributed by atoms with Gasteiger partial charge in [-0.25, -0.2) is 9.37 Å². The normalized spacial score (nSPS) is 17.0. The van der Waals surface area contributed by atoms with Crippen LogP contribution < -0.4 is 5.32 Å². The molecule has 0 saturated carbocycles. The molecule has 1 N–H and O–H groups in total. The predicted octanol–water partition coefficient (Wildman–Crippen LogP) is 2.75. The van der Waals surface area contributed by atoms with Crippen LogP contribution in [0.15, 0.2) is 36.7 Å². The molecule has 5 nitrogen and oxygen atoms in total. The van der Waals surface area contributed by atoms with Crippen molar-refractivity contribution in [3.05, 3.63) is 53.2 Å². The fourth-order valence-electron chi connectivity index (χ4n) is 2.66. The quantitative estimate of drug-likeness (QED) is 0.910. The summed E-state index contributed by atoms with van der Waals surface area (Å²) >= 11 is 5.86. The monoisotopic (exact) mass is 336 g/mol. The van der Waals surface area contributed by atoms with E-state index in [-0.39, 0.29) is 11.9 Å². The highest BCUT2D eigenvalue weighted by Crippen LogP contribution is 2.23. The molecule has 1 aliphatic rings. The molecule has 0 radical (unpaired) electrons. The zero-order chi connectivity index (χ0) is 16.1. The Balaban J connectivity index is 1.75. The van der Waals surface area contributed by atoms with Gasteiger partial charge >= 0.3 is 0 Å². The summed E-state index contributed by atoms with van der Waals surface area (Å²) < 4.78 is 18.6. The van der Waals surface area contributed by atoms with Gasteiger partial charge in [0.25, 0.3) is 0 Å². The minimum Gasteiger partial charge on any atom is -0.379 e. The molecule has 1 saturated heterocycles. The van der Waals surface area contributed by atoms with Crippen LogP contribution in [0.3, 0.4) is 0 Å². The number of anilines is 1. The van der Waals surface area contributed by atoms with Crippen molar-refractivity contribution in [1.29, 1.82) is 0 Å². The summed E-state index contributed by atoms with van der Waals surface area (Å²) in [5.41, 5.74) is 1.05. The van der Waals surface area contributed by atoms with E-state index in [0.29, 0.717) is 30.7 Å². The fraction of sp³-hybridized carbons (Fsp3) is 0.375. The molecule has 0 bridgehead atoms. The van der Waals surface area contributed by atoms with Gasteiger partial charge in [0, 0.05) is 19.6 Å². The molecule has 3 rings (SSSR count). The van der Waals surface area contributed by atoms with Gasteiger partial charge in [-0.15, -0.1) is 0 Å². The molecule has 1 aliphatic heterocycles. The summed E-state index contributed by atoms with van der Waals surface area (Å²) in [6, 6.07) is 6.71. The number of hydrogen-bond acceptors (Lipinski definition) is 5. The molecular formula is C16H18ClFN4O. The lowest BCUT2D eigenvalue weighted by molar-refractivity contribution is 0.0187. The van der Waals surface area contributed by atoms with Crippen molar-refractivity contribution in [3.63, 3.8) is 0 Å². The zero-order valence-electron chi connectivity index (χ0n) is 12.6. The molecule has 1 atom stereocenters. The van der Waals surface area contributed by atoms with E-state index in [9.17, 15) is 4.39 Å². The molecule has 122 valence electrons. The first-order valence-corrected chi connectivity index (χ1v) is 7.89. The van der Waals surface area contributed by atoms with E-state index in [2.05, 4.69) is 20.2 Å². The number of rotatable bonds is 5. The van der Waals surface area contributed by atoms with E-state index >= 15 is 0 Å². The number of benzene rings is 1. The van der Waals surface area contributed by atoms with Gasteiger partial charge in [-0.2, -0.15) is 0 Å². The van der Waals surface area contributed by atoms with Crippen molar-refractivity contribution in [2.24, 2.45) is 0 Å². The zero-order valence-corrected chi connectivity index (χ0v) is 13.3. The summed E-state index contributed by atoms with van der Waals surface area (Å²) in [5.74, 6) is 0.390. The number of nitrogens with one attached hydrogen (secondary N) is 1. The molecule has 1 fully saturated rings. The molecule has 1 aromatic heterocycles. The van der Waals surface area contributed by atoms with Crippen LogP contribution in [0.2, 0.25) is 5.15 Å². The van der Waals surface area contributed by atoms with Gasteiger partial charge in [-0.1, -0.05) is 23.7 Å². The van der Waals surface area contributed by atoms with Gasteiger partial charge in [0.05, 0.1) is 31.6 Å². The molecule has 0 aliphatic carbocycles. The minimum atomic E-state index is -0.233. The van der Waals surface area contributed by atoms with Gasteiger partial charge in [0.15, 0.2) is 0 Å². The second kappa shape index (κ2) is 7.68. The number of halogens is 2. The van der Waals surface area contributed by atoms with Crippen molar-refractivity contribution in [2.45, 2.75) is 6.04 Å². The maximum Gasteiger partial charge on any atom is 0.149 e. The highest BCUT2D eigenvalue weighted by atomic mass is 35.5. The van der Waals surface area contributed by atoms with Gasteiger partial charge in [0.2, 0.25) is 0 Å². The third kappa shape index (κ3) is 4.37. The molecule has 1 unspecified atom stereocenters. The lowest BCUT2D eigenvalue weighted by Gasteiger charge is -2.35. The Labute approximate surface area is 139 Å². The number of ether oxygens (including phenoxy) is 1. The Morgan fingerprint density at radius 2 is 1.96 bits per heavy atom. The number of nitrogens with zero attached hydrogens (tertiary/aromatic N) is 3.